The van der Waals surface area contributed by atoms with E-state index in [0.29, 0.717) is 24.3 Å². The molecule has 0 aromatic heterocycles. The van der Waals surface area contributed by atoms with Gasteiger partial charge in [-0.1, -0.05) is 36.4 Å². The molecule has 0 N–H and O–H groups in total. The fourth-order valence-corrected chi connectivity index (χ4v) is 6.01. The molecule has 292 valence electrons. The van der Waals surface area contributed by atoms with E-state index in [4.69, 9.17) is 9.47 Å². The van der Waals surface area contributed by atoms with Crippen molar-refractivity contribution >= 4 is 23.2 Å². The van der Waals surface area contributed by atoms with Crippen LogP contribution in [0.2, 0.25) is 0 Å². The van der Waals surface area contributed by atoms with E-state index in [0.717, 1.165) is 50.7 Å². The topological polar surface area (TPSA) is 59.1 Å². The van der Waals surface area contributed by atoms with Gasteiger partial charge in [0.2, 0.25) is 11.8 Å². The first-order chi connectivity index (χ1) is 27.3. The Morgan fingerprint density at radius 3 is 1.28 bits per heavy atom. The fourth-order valence-electron chi connectivity index (χ4n) is 6.01. The van der Waals surface area contributed by atoms with Crippen molar-refractivity contribution in [1.82, 2.24) is 0 Å². The maximum absolute atomic E-state index is 14.1. The Kier molecular flexibility index (Phi) is 18.9. The molecule has 2 saturated heterocycles. The molecule has 2 aliphatic carbocycles. The monoisotopic (exact) mass is 810 g/mol. The summed E-state index contributed by atoms with van der Waals surface area (Å²) in [5, 5.41) is 0. The molecule has 2 fully saturated rings. The molecule has 8 rings (SSSR count). The summed E-state index contributed by atoms with van der Waals surface area (Å²) in [5.74, 6) is -4.05. The summed E-state index contributed by atoms with van der Waals surface area (Å²) in [4.78, 5) is 28.1. The number of allylic oxidation sites excluding steroid dienone is 8. The van der Waals surface area contributed by atoms with Crippen molar-refractivity contribution in [2.75, 3.05) is 36.1 Å². The molecule has 2 unspecified atom stereocenters. The summed E-state index contributed by atoms with van der Waals surface area (Å²) in [6.07, 6.45) is 23.2. The van der Waals surface area contributed by atoms with Crippen molar-refractivity contribution < 1.29 is 58.3 Å². The summed E-state index contributed by atoms with van der Waals surface area (Å²) >= 11 is 0. The van der Waals surface area contributed by atoms with Gasteiger partial charge in [0.15, 0.2) is 0 Å². The Morgan fingerprint density at radius 1 is 0.596 bits per heavy atom. The van der Waals surface area contributed by atoms with Crippen LogP contribution in [0, 0.1) is 47.6 Å². The van der Waals surface area contributed by atoms with Crippen LogP contribution >= 0.6 is 0 Å². The van der Waals surface area contributed by atoms with Gasteiger partial charge in [-0.05, 0) is 61.3 Å². The molecule has 57 heavy (non-hydrogen) atoms. The number of carbonyl (C=O) groups is 2. The van der Waals surface area contributed by atoms with Gasteiger partial charge in [0.1, 0.15) is 0 Å². The van der Waals surface area contributed by atoms with Crippen LogP contribution in [0.15, 0.2) is 121 Å². The summed E-state index contributed by atoms with van der Waals surface area (Å²) in [7, 11) is 0. The second-order valence-corrected chi connectivity index (χ2v) is 12.9. The molecule has 2 heterocycles. The Morgan fingerprint density at radius 2 is 1.00 bits per heavy atom. The van der Waals surface area contributed by atoms with Gasteiger partial charge in [-0.15, -0.1) is 49.2 Å². The van der Waals surface area contributed by atoms with E-state index in [1.54, 1.807) is 60.7 Å². The first-order valence-electron chi connectivity index (χ1n) is 18.4. The van der Waals surface area contributed by atoms with Gasteiger partial charge < -0.3 is 19.3 Å². The molecule has 11 heteroatoms. The first-order valence-corrected chi connectivity index (χ1v) is 18.4. The molecular formula is C46H42F4N2O4Ti. The Labute approximate surface area is 347 Å². The van der Waals surface area contributed by atoms with Crippen molar-refractivity contribution in [1.29, 1.82) is 0 Å². The number of rotatable bonds is 8. The average Bonchev–Trinajstić information content (AvgIpc) is 4.08. The Hall–Kier alpha value is -4.87. The molecule has 4 aromatic carbocycles. The number of halogens is 4. The van der Waals surface area contributed by atoms with E-state index in [1.807, 2.05) is 36.4 Å². The van der Waals surface area contributed by atoms with Crippen LogP contribution in [0.3, 0.4) is 0 Å². The van der Waals surface area contributed by atoms with E-state index in [-0.39, 0.29) is 70.2 Å². The van der Waals surface area contributed by atoms with E-state index in [9.17, 15) is 27.2 Å². The van der Waals surface area contributed by atoms with E-state index in [2.05, 4.69) is 24.3 Å². The first kappa shape index (κ1) is 44.8. The van der Waals surface area contributed by atoms with Crippen LogP contribution in [0.1, 0.15) is 59.2 Å². The Balaban J connectivity index is 0.000000200. The van der Waals surface area contributed by atoms with Gasteiger partial charge in [0.25, 0.3) is 0 Å². The molecule has 0 bridgehead atoms. The Bertz CT molecular complexity index is 1820. The summed E-state index contributed by atoms with van der Waals surface area (Å²) in [6, 6.07) is 25.9. The third-order valence-corrected chi connectivity index (χ3v) is 8.79. The van der Waals surface area contributed by atoms with Crippen molar-refractivity contribution in [2.45, 2.75) is 50.7 Å². The zero-order chi connectivity index (χ0) is 39.5. The van der Waals surface area contributed by atoms with Crippen molar-refractivity contribution in [2.24, 2.45) is 0 Å². The SMILES string of the molecule is O=C(c1ccccc1)N(CC1CCCO1)c1ccc(F)[c-]c1F.O=C(c1ccccc1)N(CC1CCCO1)c1ccc(F)[c-]c1F.[C-]1=CC=CC1.[C-]1=CC=CC1.[Ti+4]. The van der Waals surface area contributed by atoms with Gasteiger partial charge >= 0.3 is 21.7 Å². The van der Waals surface area contributed by atoms with Gasteiger partial charge in [-0.25, -0.2) is 41.9 Å². The minimum atomic E-state index is -0.882. The van der Waals surface area contributed by atoms with Gasteiger partial charge in [0, 0.05) is 60.7 Å². The predicted octanol–water partition coefficient (Wildman–Crippen LogP) is 9.79. The molecule has 4 aromatic rings. The molecular weight excluding hydrogens is 768 g/mol. The number of nitrogens with zero attached hydrogens (tertiary/aromatic N) is 2. The largest absolute Gasteiger partial charge is 4.00 e. The minimum absolute atomic E-state index is 0. The number of benzene rings is 4. The van der Waals surface area contributed by atoms with E-state index >= 15 is 0 Å². The maximum atomic E-state index is 14.1. The summed E-state index contributed by atoms with van der Waals surface area (Å²) in [5.41, 5.74) is 0.898. The second kappa shape index (κ2) is 24.0. The van der Waals surface area contributed by atoms with E-state index in [1.165, 1.54) is 21.9 Å². The van der Waals surface area contributed by atoms with Crippen molar-refractivity contribution in [3.05, 3.63) is 180 Å². The summed E-state index contributed by atoms with van der Waals surface area (Å²) < 4.78 is 65.6. The molecule has 4 aliphatic rings. The molecule has 0 saturated carbocycles. The van der Waals surface area contributed by atoms with Crippen LogP contribution in [0.5, 0.6) is 0 Å². The molecule has 0 radical (unpaired) electrons. The molecule has 0 spiro atoms. The molecule has 6 nitrogen and oxygen atoms in total. The number of carbonyl (C=O) groups excluding carboxylic acids is 2. The second-order valence-electron chi connectivity index (χ2n) is 12.9. The van der Waals surface area contributed by atoms with Gasteiger partial charge in [0.05, 0.1) is 12.2 Å². The number of amides is 2. The third kappa shape index (κ3) is 14.2. The molecule has 2 aliphatic heterocycles. The number of ether oxygens (including phenoxy) is 2. The van der Waals surface area contributed by atoms with Gasteiger partial charge in [-0.2, -0.15) is 12.2 Å². The zero-order valence-corrected chi connectivity index (χ0v) is 32.9. The quantitative estimate of drug-likeness (QED) is 0.101. The standard InChI is InChI=1S/2C18H16F2NO2.2C5H5.Ti/c2*19-14-8-9-17(16(20)11-14)21(12-15-7-4-10-23-15)18(22)13-5-2-1-3-6-13;2*1-2-4-5-3-1;/h2*1-3,5-6,8-9,15H,4,7,10,12H2;2*1-3H,4H2;/q4*-1;+4. The fraction of sp³-hybridized carbons (Fsp3) is 0.261. The van der Waals surface area contributed by atoms with E-state index < -0.39 is 23.3 Å². The summed E-state index contributed by atoms with van der Waals surface area (Å²) in [6.45, 7) is 1.72. The number of hydrogen-bond donors (Lipinski definition) is 0. The number of anilines is 2. The van der Waals surface area contributed by atoms with Crippen LogP contribution in [0.25, 0.3) is 0 Å². The predicted molar refractivity (Wildman–Crippen MR) is 208 cm³/mol. The molecule has 2 amide bonds. The van der Waals surface area contributed by atoms with Gasteiger partial charge in [-0.3, -0.25) is 21.7 Å². The number of hydrogen-bond acceptors (Lipinski definition) is 4. The maximum Gasteiger partial charge on any atom is 4.00 e. The van der Waals surface area contributed by atoms with Crippen molar-refractivity contribution in [3.63, 3.8) is 0 Å². The van der Waals surface area contributed by atoms with Crippen LogP contribution < -0.4 is 9.80 Å². The van der Waals surface area contributed by atoms with Crippen molar-refractivity contribution in [3.8, 4) is 0 Å². The van der Waals surface area contributed by atoms with Crippen LogP contribution in [-0.2, 0) is 31.2 Å². The smallest absolute Gasteiger partial charge is 0.376 e. The minimum Gasteiger partial charge on any atom is -0.376 e. The average molecular weight is 811 g/mol. The molecule has 2 atom stereocenters. The van der Waals surface area contributed by atoms with Crippen LogP contribution in [0.4, 0.5) is 28.9 Å². The normalized spacial score (nSPS) is 17.0. The van der Waals surface area contributed by atoms with Crippen LogP contribution in [-0.4, -0.2) is 50.3 Å². The zero-order valence-electron chi connectivity index (χ0n) is 31.3. The third-order valence-electron chi connectivity index (χ3n) is 8.79.